The predicted octanol–water partition coefficient (Wildman–Crippen LogP) is 1.41. The summed E-state index contributed by atoms with van der Waals surface area (Å²) in [5, 5.41) is 2.72. The molecule has 8 heteroatoms. The van der Waals surface area contributed by atoms with Crippen molar-refractivity contribution in [3.8, 4) is 0 Å². The van der Waals surface area contributed by atoms with E-state index in [-0.39, 0.29) is 6.42 Å². The molecule has 1 saturated heterocycles. The minimum absolute atomic E-state index is 0.236. The van der Waals surface area contributed by atoms with E-state index in [1.807, 2.05) is 0 Å². The Morgan fingerprint density at radius 1 is 1.40 bits per heavy atom. The van der Waals surface area contributed by atoms with E-state index in [1.54, 1.807) is 0 Å². The highest BCUT2D eigenvalue weighted by Gasteiger charge is 2.37. The first-order valence-electron chi connectivity index (χ1n) is 4.57. The molecule has 0 aromatic heterocycles. The van der Waals surface area contributed by atoms with Gasteiger partial charge in [0.15, 0.2) is 0 Å². The average Bonchev–Trinajstić information content (AvgIpc) is 2.17. The summed E-state index contributed by atoms with van der Waals surface area (Å²) in [6, 6.07) is 0. The second-order valence-corrected chi connectivity index (χ2v) is 5.83. The molecule has 5 nitrogen and oxygen atoms in total. The van der Waals surface area contributed by atoms with Gasteiger partial charge in [0.05, 0.1) is 6.42 Å². The molecule has 88 valence electrons. The summed E-state index contributed by atoms with van der Waals surface area (Å²) in [6.07, 6.45) is 0.236. The monoisotopic (exact) mass is 274 g/mol. The minimum atomic E-state index is -3.25. The molecule has 1 aliphatic heterocycles. The molecule has 0 aliphatic carbocycles. The molecular weight excluding hydrogens is 262 g/mol. The molecule has 0 bridgehead atoms. The van der Waals surface area contributed by atoms with Gasteiger partial charge in [-0.05, 0) is 0 Å². The van der Waals surface area contributed by atoms with Gasteiger partial charge in [0, 0.05) is 31.4 Å². The lowest BCUT2D eigenvalue weighted by Gasteiger charge is -2.32. The molecule has 15 heavy (non-hydrogen) atoms. The van der Waals surface area contributed by atoms with E-state index in [1.165, 1.54) is 4.67 Å². The van der Waals surface area contributed by atoms with E-state index >= 15 is 0 Å². The summed E-state index contributed by atoms with van der Waals surface area (Å²) >= 11 is 11.2. The number of nitrogens with zero attached hydrogens (tertiary/aromatic N) is 1. The van der Waals surface area contributed by atoms with Crippen molar-refractivity contribution >= 4 is 36.8 Å². The fraction of sp³-hybridized carbons (Fsp3) is 0.857. The summed E-state index contributed by atoms with van der Waals surface area (Å²) in [7, 11) is -3.25. The molecule has 1 atom stereocenters. The number of carbonyl (C=O) groups excluding carboxylic acids is 1. The van der Waals surface area contributed by atoms with Crippen LogP contribution in [0.3, 0.4) is 0 Å². The number of halogens is 2. The first-order valence-corrected chi connectivity index (χ1v) is 7.22. The largest absolute Gasteiger partial charge is 0.395 e. The molecule has 0 spiro atoms. The third-order valence-electron chi connectivity index (χ3n) is 1.92. The minimum Gasteiger partial charge on any atom is -0.389 e. The van der Waals surface area contributed by atoms with Crippen LogP contribution in [0.1, 0.15) is 6.42 Å². The molecule has 1 N–H and O–H groups in total. The van der Waals surface area contributed by atoms with Crippen molar-refractivity contribution in [1.29, 1.82) is 0 Å². The Labute approximate surface area is 98.6 Å². The van der Waals surface area contributed by atoms with E-state index < -0.39 is 13.6 Å². The van der Waals surface area contributed by atoms with Crippen molar-refractivity contribution in [1.82, 2.24) is 9.76 Å². The first-order chi connectivity index (χ1) is 7.12. The summed E-state index contributed by atoms with van der Waals surface area (Å²) in [6.45, 7) is 1.09. The van der Waals surface area contributed by atoms with Gasteiger partial charge in [0.2, 0.25) is 0 Å². The number of alkyl halides is 2. The lowest BCUT2D eigenvalue weighted by Crippen LogP contribution is -2.37. The second-order valence-electron chi connectivity index (χ2n) is 2.97. The average molecular weight is 275 g/mol. The molecule has 1 rings (SSSR count). The Balaban J connectivity index is 2.70. The van der Waals surface area contributed by atoms with Gasteiger partial charge in [-0.3, -0.25) is 4.79 Å². The number of hydrogen-bond acceptors (Lipinski definition) is 3. The van der Waals surface area contributed by atoms with Crippen LogP contribution in [0.15, 0.2) is 0 Å². The molecule has 0 aromatic carbocycles. The van der Waals surface area contributed by atoms with Crippen LogP contribution in [-0.2, 0) is 13.9 Å². The maximum absolute atomic E-state index is 12.2. The van der Waals surface area contributed by atoms with Crippen molar-refractivity contribution < 1.29 is 13.9 Å². The number of rotatable bonds is 5. The molecule has 1 unspecified atom stereocenters. The maximum atomic E-state index is 12.2. The van der Waals surface area contributed by atoms with Gasteiger partial charge in [-0.2, -0.15) is 0 Å². The Bertz CT molecular complexity index is 271. The number of carbonyl (C=O) groups is 1. The molecule has 0 amide bonds. The molecule has 1 heterocycles. The van der Waals surface area contributed by atoms with E-state index in [2.05, 4.69) is 5.09 Å². The van der Waals surface area contributed by atoms with E-state index in [0.29, 0.717) is 31.4 Å². The van der Waals surface area contributed by atoms with Gasteiger partial charge in [-0.15, -0.1) is 23.2 Å². The van der Waals surface area contributed by atoms with Crippen molar-refractivity contribution in [3.05, 3.63) is 0 Å². The number of nitrogens with one attached hydrogen (secondary N) is 1. The molecular formula is C7H13Cl2N2O3P. The van der Waals surface area contributed by atoms with E-state index in [4.69, 9.17) is 27.7 Å². The van der Waals surface area contributed by atoms with Crippen molar-refractivity contribution in [3.63, 3.8) is 0 Å². The highest BCUT2D eigenvalue weighted by atomic mass is 35.5. The van der Waals surface area contributed by atoms with E-state index in [9.17, 15) is 9.36 Å². The quantitative estimate of drug-likeness (QED) is 0.607. The summed E-state index contributed by atoms with van der Waals surface area (Å²) < 4.78 is 18.5. The summed E-state index contributed by atoms with van der Waals surface area (Å²) in [5.74, 6) is 0.159. The zero-order valence-electron chi connectivity index (χ0n) is 8.12. The Morgan fingerprint density at radius 3 is 2.47 bits per heavy atom. The molecule has 1 aliphatic rings. The molecule has 0 radical (unpaired) electrons. The normalized spacial score (nSPS) is 26.7. The highest BCUT2D eigenvalue weighted by molar-refractivity contribution is 7.55. The van der Waals surface area contributed by atoms with Gasteiger partial charge >= 0.3 is 13.6 Å². The zero-order chi connectivity index (χ0) is 11.3. The lowest BCUT2D eigenvalue weighted by atomic mass is 10.4. The summed E-state index contributed by atoms with van der Waals surface area (Å²) in [5.41, 5.74) is 0. The third-order valence-corrected chi connectivity index (χ3v) is 4.48. The van der Waals surface area contributed by atoms with Gasteiger partial charge in [-0.25, -0.2) is 14.3 Å². The van der Waals surface area contributed by atoms with Crippen LogP contribution in [0.25, 0.3) is 0 Å². The lowest BCUT2D eigenvalue weighted by molar-refractivity contribution is -0.135. The van der Waals surface area contributed by atoms with Crippen LogP contribution in [0, 0.1) is 0 Å². The second kappa shape index (κ2) is 6.06. The van der Waals surface area contributed by atoms with Crippen molar-refractivity contribution in [2.24, 2.45) is 0 Å². The standard InChI is InChI=1S/C7H13Cl2N2O3P/c8-2-5-11(6-3-9)15(13)10-4-1-7(12)14-15/h1-6H2,(H,10,13). The highest BCUT2D eigenvalue weighted by Crippen LogP contribution is 2.48. The van der Waals surface area contributed by atoms with Gasteiger partial charge in [0.25, 0.3) is 0 Å². The fourth-order valence-electron chi connectivity index (χ4n) is 1.24. The van der Waals surface area contributed by atoms with Crippen LogP contribution >= 0.6 is 30.9 Å². The van der Waals surface area contributed by atoms with Crippen molar-refractivity contribution in [2.45, 2.75) is 6.42 Å². The zero-order valence-corrected chi connectivity index (χ0v) is 10.5. The predicted molar refractivity (Wildman–Crippen MR) is 59.3 cm³/mol. The molecule has 0 aromatic rings. The van der Waals surface area contributed by atoms with Crippen LogP contribution in [0.4, 0.5) is 0 Å². The Kier molecular flexibility index (Phi) is 5.36. The van der Waals surface area contributed by atoms with Crippen LogP contribution in [0.2, 0.25) is 0 Å². The fourth-order valence-corrected chi connectivity index (χ4v) is 3.76. The number of hydrogen-bond donors (Lipinski definition) is 1. The van der Waals surface area contributed by atoms with Gasteiger partial charge in [-0.1, -0.05) is 0 Å². The molecule has 1 fully saturated rings. The van der Waals surface area contributed by atoms with Crippen LogP contribution < -0.4 is 5.09 Å². The van der Waals surface area contributed by atoms with Gasteiger partial charge < -0.3 is 4.52 Å². The van der Waals surface area contributed by atoms with Crippen LogP contribution in [-0.4, -0.2) is 42.0 Å². The van der Waals surface area contributed by atoms with Crippen LogP contribution in [0.5, 0.6) is 0 Å². The SMILES string of the molecule is O=C1CCNP(=O)(N(CCCl)CCCl)O1. The Hall–Kier alpha value is 0.200. The van der Waals surface area contributed by atoms with E-state index in [0.717, 1.165) is 0 Å². The van der Waals surface area contributed by atoms with Gasteiger partial charge in [0.1, 0.15) is 0 Å². The Morgan fingerprint density at radius 2 is 2.00 bits per heavy atom. The summed E-state index contributed by atoms with van der Waals surface area (Å²) in [4.78, 5) is 11.1. The topological polar surface area (TPSA) is 58.6 Å². The molecule has 0 saturated carbocycles. The maximum Gasteiger partial charge on any atom is 0.395 e. The van der Waals surface area contributed by atoms with Crippen molar-refractivity contribution in [2.75, 3.05) is 31.4 Å². The first kappa shape index (κ1) is 13.3. The third kappa shape index (κ3) is 3.61. The smallest absolute Gasteiger partial charge is 0.389 e.